The minimum Gasteiger partial charge on any atom is -0.378 e. The highest BCUT2D eigenvalue weighted by molar-refractivity contribution is 5.92. The summed E-state index contributed by atoms with van der Waals surface area (Å²) < 4.78 is 5.37. The van der Waals surface area contributed by atoms with E-state index in [1.165, 1.54) is 11.3 Å². The van der Waals surface area contributed by atoms with Gasteiger partial charge in [-0.2, -0.15) is 0 Å². The second-order valence-corrected chi connectivity index (χ2v) is 6.35. The average molecular weight is 339 g/mol. The van der Waals surface area contributed by atoms with Crippen molar-refractivity contribution in [2.75, 3.05) is 50.1 Å². The minimum absolute atomic E-state index is 0.00227. The molecule has 0 spiro atoms. The van der Waals surface area contributed by atoms with Gasteiger partial charge >= 0.3 is 0 Å². The van der Waals surface area contributed by atoms with Gasteiger partial charge in [0.25, 0.3) is 0 Å². The number of amides is 1. The highest BCUT2D eigenvalue weighted by atomic mass is 16.5. The van der Waals surface area contributed by atoms with E-state index in [0.717, 1.165) is 38.5 Å². The van der Waals surface area contributed by atoms with E-state index in [9.17, 15) is 4.79 Å². The van der Waals surface area contributed by atoms with Crippen LogP contribution in [-0.4, -0.2) is 50.7 Å². The van der Waals surface area contributed by atoms with Crippen molar-refractivity contribution in [2.45, 2.75) is 6.54 Å². The minimum atomic E-state index is -0.00227. The molecule has 1 saturated heterocycles. The summed E-state index contributed by atoms with van der Waals surface area (Å²) in [6, 6.07) is 18.2. The Balaban J connectivity index is 1.48. The van der Waals surface area contributed by atoms with Crippen LogP contribution in [-0.2, 0) is 16.1 Å². The molecule has 132 valence electrons. The largest absolute Gasteiger partial charge is 0.378 e. The second-order valence-electron chi connectivity index (χ2n) is 6.35. The number of ether oxygens (including phenoxy) is 1. The molecular formula is C20H25N3O2. The molecule has 25 heavy (non-hydrogen) atoms. The molecule has 1 amide bonds. The summed E-state index contributed by atoms with van der Waals surface area (Å²) in [6.45, 7) is 4.48. The highest BCUT2D eigenvalue weighted by Crippen LogP contribution is 2.19. The monoisotopic (exact) mass is 339 g/mol. The fraction of sp³-hybridized carbons (Fsp3) is 0.350. The first-order chi connectivity index (χ1) is 12.2. The first kappa shape index (κ1) is 17.5. The molecule has 1 aliphatic rings. The van der Waals surface area contributed by atoms with Gasteiger partial charge in [-0.15, -0.1) is 0 Å². The first-order valence-corrected chi connectivity index (χ1v) is 8.66. The second kappa shape index (κ2) is 8.65. The van der Waals surface area contributed by atoms with Crippen molar-refractivity contribution in [1.29, 1.82) is 0 Å². The molecular weight excluding hydrogens is 314 g/mol. The Bertz CT molecular complexity index is 667. The topological polar surface area (TPSA) is 44.8 Å². The summed E-state index contributed by atoms with van der Waals surface area (Å²) in [5.41, 5.74) is 3.20. The number of hydrogen-bond donors (Lipinski definition) is 1. The fourth-order valence-electron chi connectivity index (χ4n) is 2.97. The zero-order valence-electron chi connectivity index (χ0n) is 14.6. The predicted molar refractivity (Wildman–Crippen MR) is 101 cm³/mol. The molecule has 0 bridgehead atoms. The van der Waals surface area contributed by atoms with Gasteiger partial charge in [0, 0.05) is 31.0 Å². The Morgan fingerprint density at radius 3 is 2.44 bits per heavy atom. The number of rotatable bonds is 6. The summed E-state index contributed by atoms with van der Waals surface area (Å²) in [5, 5.41) is 2.96. The molecule has 2 aromatic rings. The van der Waals surface area contributed by atoms with Crippen LogP contribution in [0.3, 0.4) is 0 Å². The van der Waals surface area contributed by atoms with Crippen molar-refractivity contribution in [3.05, 3.63) is 60.2 Å². The van der Waals surface area contributed by atoms with Crippen LogP contribution < -0.4 is 10.2 Å². The van der Waals surface area contributed by atoms with Gasteiger partial charge in [0.05, 0.1) is 19.8 Å². The quantitative estimate of drug-likeness (QED) is 0.879. The maximum Gasteiger partial charge on any atom is 0.238 e. The standard InChI is InChI=1S/C20H25N3O2/c1-22(15-17-5-3-2-4-6-17)16-20(24)21-18-7-9-19(10-8-18)23-11-13-25-14-12-23/h2-10H,11-16H2,1H3,(H,21,24). The van der Waals surface area contributed by atoms with Gasteiger partial charge in [0.2, 0.25) is 5.91 Å². The van der Waals surface area contributed by atoms with Gasteiger partial charge in [-0.05, 0) is 36.9 Å². The van der Waals surface area contributed by atoms with Crippen LogP contribution in [0.4, 0.5) is 11.4 Å². The van der Waals surface area contributed by atoms with E-state index in [-0.39, 0.29) is 5.91 Å². The maximum absolute atomic E-state index is 12.2. The van der Waals surface area contributed by atoms with Crippen molar-refractivity contribution < 1.29 is 9.53 Å². The van der Waals surface area contributed by atoms with Gasteiger partial charge in [0.15, 0.2) is 0 Å². The molecule has 0 aromatic heterocycles. The van der Waals surface area contributed by atoms with Gasteiger partial charge in [-0.25, -0.2) is 0 Å². The Hall–Kier alpha value is -2.37. The lowest BCUT2D eigenvalue weighted by Gasteiger charge is -2.28. The van der Waals surface area contributed by atoms with Crippen LogP contribution in [0.2, 0.25) is 0 Å². The summed E-state index contributed by atoms with van der Waals surface area (Å²) in [7, 11) is 1.95. The molecule has 0 radical (unpaired) electrons. The molecule has 1 fully saturated rings. The van der Waals surface area contributed by atoms with Crippen LogP contribution >= 0.6 is 0 Å². The number of hydrogen-bond acceptors (Lipinski definition) is 4. The molecule has 1 heterocycles. The Labute approximate surface area is 149 Å². The maximum atomic E-state index is 12.2. The smallest absolute Gasteiger partial charge is 0.238 e. The van der Waals surface area contributed by atoms with E-state index in [4.69, 9.17) is 4.74 Å². The number of morpholine rings is 1. The van der Waals surface area contributed by atoms with E-state index in [1.807, 2.05) is 42.3 Å². The molecule has 1 N–H and O–H groups in total. The third-order valence-electron chi connectivity index (χ3n) is 4.24. The van der Waals surface area contributed by atoms with Gasteiger partial charge in [-0.3, -0.25) is 9.69 Å². The van der Waals surface area contributed by atoms with Crippen molar-refractivity contribution in [2.24, 2.45) is 0 Å². The highest BCUT2D eigenvalue weighted by Gasteiger charge is 2.11. The van der Waals surface area contributed by atoms with Crippen molar-refractivity contribution >= 4 is 17.3 Å². The van der Waals surface area contributed by atoms with Crippen LogP contribution in [0.1, 0.15) is 5.56 Å². The molecule has 0 aliphatic carbocycles. The lowest BCUT2D eigenvalue weighted by atomic mass is 10.2. The van der Waals surface area contributed by atoms with Crippen molar-refractivity contribution in [3.63, 3.8) is 0 Å². The van der Waals surface area contributed by atoms with Crippen LogP contribution in [0.15, 0.2) is 54.6 Å². The normalized spacial score (nSPS) is 14.6. The van der Waals surface area contributed by atoms with Gasteiger partial charge in [0.1, 0.15) is 0 Å². The van der Waals surface area contributed by atoms with Gasteiger partial charge < -0.3 is 15.0 Å². The molecule has 5 heteroatoms. The lowest BCUT2D eigenvalue weighted by molar-refractivity contribution is -0.117. The van der Waals surface area contributed by atoms with Crippen molar-refractivity contribution in [3.8, 4) is 0 Å². The number of carbonyl (C=O) groups is 1. The molecule has 0 saturated carbocycles. The number of nitrogens with one attached hydrogen (secondary N) is 1. The number of benzene rings is 2. The van der Waals surface area contributed by atoms with E-state index in [0.29, 0.717) is 6.54 Å². The van der Waals surface area contributed by atoms with E-state index in [2.05, 4.69) is 34.5 Å². The molecule has 3 rings (SSSR count). The van der Waals surface area contributed by atoms with E-state index in [1.54, 1.807) is 0 Å². The lowest BCUT2D eigenvalue weighted by Crippen LogP contribution is -2.36. The summed E-state index contributed by atoms with van der Waals surface area (Å²) in [6.07, 6.45) is 0. The zero-order valence-corrected chi connectivity index (χ0v) is 14.6. The molecule has 0 atom stereocenters. The molecule has 0 unspecified atom stereocenters. The Morgan fingerprint density at radius 1 is 1.08 bits per heavy atom. The molecule has 2 aromatic carbocycles. The number of anilines is 2. The van der Waals surface area contributed by atoms with Gasteiger partial charge in [-0.1, -0.05) is 30.3 Å². The Kier molecular flexibility index (Phi) is 6.04. The summed E-state index contributed by atoms with van der Waals surface area (Å²) in [4.78, 5) is 16.5. The number of nitrogens with zero attached hydrogens (tertiary/aromatic N) is 2. The van der Waals surface area contributed by atoms with Crippen molar-refractivity contribution in [1.82, 2.24) is 4.90 Å². The Morgan fingerprint density at radius 2 is 1.76 bits per heavy atom. The number of likely N-dealkylation sites (N-methyl/N-ethyl adjacent to an activating group) is 1. The predicted octanol–water partition coefficient (Wildman–Crippen LogP) is 2.59. The van der Waals surface area contributed by atoms with E-state index >= 15 is 0 Å². The molecule has 1 aliphatic heterocycles. The third kappa shape index (κ3) is 5.31. The van der Waals surface area contributed by atoms with Crippen LogP contribution in [0, 0.1) is 0 Å². The first-order valence-electron chi connectivity index (χ1n) is 8.66. The summed E-state index contributed by atoms with van der Waals surface area (Å²) >= 11 is 0. The van der Waals surface area contributed by atoms with Crippen LogP contribution in [0.25, 0.3) is 0 Å². The SMILES string of the molecule is CN(CC(=O)Nc1ccc(N2CCOCC2)cc1)Cc1ccccc1. The van der Waals surface area contributed by atoms with Crippen LogP contribution in [0.5, 0.6) is 0 Å². The number of carbonyl (C=O) groups excluding carboxylic acids is 1. The fourth-order valence-corrected chi connectivity index (χ4v) is 2.97. The molecule has 5 nitrogen and oxygen atoms in total. The summed E-state index contributed by atoms with van der Waals surface area (Å²) in [5.74, 6) is -0.00227. The third-order valence-corrected chi connectivity index (χ3v) is 4.24. The zero-order chi connectivity index (χ0) is 17.5. The average Bonchev–Trinajstić information content (AvgIpc) is 2.63. The van der Waals surface area contributed by atoms with E-state index < -0.39 is 0 Å².